The number of hydrogen-bond donors (Lipinski definition) is 1. The first kappa shape index (κ1) is 16.3. The second-order valence-electron chi connectivity index (χ2n) is 6.73. The number of nitrogens with zero attached hydrogens (tertiary/aromatic N) is 1. The molecule has 0 saturated carbocycles. The predicted octanol–water partition coefficient (Wildman–Crippen LogP) is 4.29. The number of carbonyl (C=O) groups is 2. The van der Waals surface area contributed by atoms with Crippen molar-refractivity contribution in [1.29, 1.82) is 0 Å². The highest BCUT2D eigenvalue weighted by Gasteiger charge is 2.39. The fourth-order valence-electron chi connectivity index (χ4n) is 3.88. The van der Waals surface area contributed by atoms with Crippen LogP contribution in [0.5, 0.6) is 0 Å². The normalized spacial score (nSPS) is 15.1. The van der Waals surface area contributed by atoms with Crippen LogP contribution in [0, 0.1) is 0 Å². The number of nitrogens with two attached hydrogens (primary N) is 1. The summed E-state index contributed by atoms with van der Waals surface area (Å²) in [6.07, 6.45) is 0. The molecule has 1 atom stereocenters. The average Bonchev–Trinajstić information content (AvgIpc) is 3.16. The first-order chi connectivity index (χ1) is 13.6. The van der Waals surface area contributed by atoms with Gasteiger partial charge in [0.05, 0.1) is 5.69 Å². The van der Waals surface area contributed by atoms with E-state index in [1.165, 1.54) is 4.90 Å². The zero-order valence-electron chi connectivity index (χ0n) is 14.8. The van der Waals surface area contributed by atoms with Crippen LogP contribution in [-0.2, 0) is 4.79 Å². The molecular weight excluding hydrogens is 352 g/mol. The van der Waals surface area contributed by atoms with E-state index in [0.717, 1.165) is 16.5 Å². The molecule has 5 rings (SSSR count). The maximum atomic E-state index is 13.5. The van der Waals surface area contributed by atoms with Gasteiger partial charge in [-0.15, -0.1) is 0 Å². The second kappa shape index (κ2) is 6.09. The molecule has 1 unspecified atom stereocenters. The molecule has 5 nitrogen and oxygen atoms in total. The number of para-hydroxylation sites is 2. The summed E-state index contributed by atoms with van der Waals surface area (Å²) in [7, 11) is 0. The molecular formula is C23H16N2O3. The molecule has 1 aliphatic heterocycles. The van der Waals surface area contributed by atoms with Gasteiger partial charge < -0.3 is 10.2 Å². The Morgan fingerprint density at radius 3 is 2.32 bits per heavy atom. The Hall–Kier alpha value is -3.86. The van der Waals surface area contributed by atoms with Crippen molar-refractivity contribution in [2.75, 3.05) is 4.90 Å². The Morgan fingerprint density at radius 1 is 0.857 bits per heavy atom. The van der Waals surface area contributed by atoms with Crippen molar-refractivity contribution < 1.29 is 14.0 Å². The van der Waals surface area contributed by atoms with Crippen LogP contribution >= 0.6 is 0 Å². The summed E-state index contributed by atoms with van der Waals surface area (Å²) in [5.41, 5.74) is 9.49. The molecule has 2 heterocycles. The predicted molar refractivity (Wildman–Crippen MR) is 107 cm³/mol. The number of rotatable bonds is 2. The molecule has 0 fully saturated rings. The van der Waals surface area contributed by atoms with Crippen LogP contribution in [0.2, 0.25) is 0 Å². The number of benzene rings is 3. The Labute approximate surface area is 161 Å². The lowest BCUT2D eigenvalue weighted by atomic mass is 9.87. The monoisotopic (exact) mass is 368 g/mol. The maximum absolute atomic E-state index is 13.5. The minimum absolute atomic E-state index is 0.168. The second-order valence-corrected chi connectivity index (χ2v) is 6.73. The van der Waals surface area contributed by atoms with Gasteiger partial charge >= 0.3 is 0 Å². The van der Waals surface area contributed by atoms with Crippen LogP contribution in [0.25, 0.3) is 22.1 Å². The van der Waals surface area contributed by atoms with E-state index in [2.05, 4.69) is 0 Å². The van der Waals surface area contributed by atoms with Crippen LogP contribution in [0.1, 0.15) is 22.2 Å². The highest BCUT2D eigenvalue weighted by molar-refractivity contribution is 6.13. The van der Waals surface area contributed by atoms with Crippen LogP contribution in [0.15, 0.2) is 83.3 Å². The van der Waals surface area contributed by atoms with E-state index in [1.807, 2.05) is 66.7 Å². The Balaban J connectivity index is 1.72. The van der Waals surface area contributed by atoms with Crippen molar-refractivity contribution in [2.45, 2.75) is 6.04 Å². The lowest BCUT2D eigenvalue weighted by Crippen LogP contribution is -2.44. The zero-order chi connectivity index (χ0) is 19.3. The third-order valence-corrected chi connectivity index (χ3v) is 5.09. The molecule has 0 saturated heterocycles. The van der Waals surface area contributed by atoms with E-state index in [-0.39, 0.29) is 5.76 Å². The first-order valence-electron chi connectivity index (χ1n) is 8.95. The molecule has 3 aromatic carbocycles. The SMILES string of the molecule is NC(=O)C1c2ccccc2-c2ccccc2N1C(=O)c1cc2ccccc2o1. The lowest BCUT2D eigenvalue weighted by Gasteiger charge is -2.36. The summed E-state index contributed by atoms with van der Waals surface area (Å²) >= 11 is 0. The summed E-state index contributed by atoms with van der Waals surface area (Å²) in [6.45, 7) is 0. The smallest absolute Gasteiger partial charge is 0.295 e. The molecule has 1 aromatic heterocycles. The number of hydrogen-bond acceptors (Lipinski definition) is 3. The molecule has 136 valence electrons. The van der Waals surface area contributed by atoms with E-state index < -0.39 is 17.9 Å². The van der Waals surface area contributed by atoms with Gasteiger partial charge in [-0.3, -0.25) is 14.5 Å². The van der Waals surface area contributed by atoms with Crippen molar-refractivity contribution in [2.24, 2.45) is 5.73 Å². The molecule has 28 heavy (non-hydrogen) atoms. The lowest BCUT2D eigenvalue weighted by molar-refractivity contribution is -0.119. The number of amides is 2. The van der Waals surface area contributed by atoms with Crippen molar-refractivity contribution in [3.8, 4) is 11.1 Å². The maximum Gasteiger partial charge on any atom is 0.295 e. The number of carbonyl (C=O) groups excluding carboxylic acids is 2. The van der Waals surface area contributed by atoms with E-state index in [1.54, 1.807) is 12.1 Å². The molecule has 2 amide bonds. The minimum Gasteiger partial charge on any atom is -0.451 e. The van der Waals surface area contributed by atoms with Gasteiger partial charge in [-0.25, -0.2) is 0 Å². The van der Waals surface area contributed by atoms with Gasteiger partial charge in [0.2, 0.25) is 5.91 Å². The Bertz CT molecular complexity index is 1210. The molecule has 5 heteroatoms. The Kier molecular flexibility index (Phi) is 3.55. The summed E-state index contributed by atoms with van der Waals surface area (Å²) in [5.74, 6) is -0.824. The molecule has 0 spiro atoms. The molecule has 4 aromatic rings. The van der Waals surface area contributed by atoms with Gasteiger partial charge in [0.25, 0.3) is 5.91 Å². The summed E-state index contributed by atoms with van der Waals surface area (Å²) in [5, 5.41) is 0.826. The van der Waals surface area contributed by atoms with E-state index >= 15 is 0 Å². The number of anilines is 1. The summed E-state index contributed by atoms with van der Waals surface area (Å²) in [6, 6.07) is 23.2. The van der Waals surface area contributed by atoms with Gasteiger partial charge in [0.15, 0.2) is 5.76 Å². The molecule has 0 bridgehead atoms. The third kappa shape index (κ3) is 2.33. The van der Waals surface area contributed by atoms with E-state index in [9.17, 15) is 9.59 Å². The highest BCUT2D eigenvalue weighted by Crippen LogP contribution is 2.45. The first-order valence-corrected chi connectivity index (χ1v) is 8.95. The van der Waals surface area contributed by atoms with Crippen molar-refractivity contribution in [3.63, 3.8) is 0 Å². The standard InChI is InChI=1S/C23H16N2O3/c24-22(26)21-17-10-3-2-8-15(17)16-9-4-5-11-18(16)25(21)23(27)20-13-14-7-1-6-12-19(14)28-20/h1-13,21H,(H2,24,26). The van der Waals surface area contributed by atoms with Gasteiger partial charge in [0.1, 0.15) is 11.6 Å². The fraction of sp³-hybridized carbons (Fsp3) is 0.0435. The number of fused-ring (bicyclic) bond motifs is 4. The van der Waals surface area contributed by atoms with Crippen molar-refractivity contribution >= 4 is 28.5 Å². The molecule has 0 radical (unpaired) electrons. The minimum atomic E-state index is -0.910. The third-order valence-electron chi connectivity index (χ3n) is 5.09. The fourth-order valence-corrected chi connectivity index (χ4v) is 3.88. The van der Waals surface area contributed by atoms with Crippen molar-refractivity contribution in [1.82, 2.24) is 0 Å². The van der Waals surface area contributed by atoms with Crippen LogP contribution in [0.4, 0.5) is 5.69 Å². The molecule has 1 aliphatic rings. The average molecular weight is 368 g/mol. The zero-order valence-corrected chi connectivity index (χ0v) is 14.8. The van der Waals surface area contributed by atoms with Crippen molar-refractivity contribution in [3.05, 3.63) is 90.2 Å². The molecule has 0 aliphatic carbocycles. The summed E-state index contributed by atoms with van der Waals surface area (Å²) in [4.78, 5) is 27.4. The van der Waals surface area contributed by atoms with Gasteiger partial charge in [-0.2, -0.15) is 0 Å². The van der Waals surface area contributed by atoms with Gasteiger partial charge in [0, 0.05) is 10.9 Å². The van der Waals surface area contributed by atoms with Gasteiger partial charge in [-0.1, -0.05) is 60.7 Å². The van der Waals surface area contributed by atoms with Crippen LogP contribution in [-0.4, -0.2) is 11.8 Å². The van der Waals surface area contributed by atoms with E-state index in [4.69, 9.17) is 10.2 Å². The molecule has 2 N–H and O–H groups in total. The van der Waals surface area contributed by atoms with Gasteiger partial charge in [-0.05, 0) is 29.3 Å². The van der Waals surface area contributed by atoms with E-state index in [0.29, 0.717) is 16.8 Å². The highest BCUT2D eigenvalue weighted by atomic mass is 16.3. The van der Waals surface area contributed by atoms with Crippen LogP contribution < -0.4 is 10.6 Å². The number of furan rings is 1. The van der Waals surface area contributed by atoms with Crippen LogP contribution in [0.3, 0.4) is 0 Å². The topological polar surface area (TPSA) is 76.5 Å². The summed E-state index contributed by atoms with van der Waals surface area (Å²) < 4.78 is 5.77. The Morgan fingerprint density at radius 2 is 1.54 bits per heavy atom. The quantitative estimate of drug-likeness (QED) is 0.573. The largest absolute Gasteiger partial charge is 0.451 e. The number of primary amides is 1.